The van der Waals surface area contributed by atoms with E-state index in [-0.39, 0.29) is 24.3 Å². The fourth-order valence-electron chi connectivity index (χ4n) is 3.69. The Morgan fingerprint density at radius 1 is 1.17 bits per heavy atom. The third-order valence-electron chi connectivity index (χ3n) is 4.95. The van der Waals surface area contributed by atoms with Crippen molar-refractivity contribution in [1.82, 2.24) is 10.6 Å². The molecule has 0 aromatic heterocycles. The van der Waals surface area contributed by atoms with Crippen molar-refractivity contribution >= 4 is 11.8 Å². The summed E-state index contributed by atoms with van der Waals surface area (Å²) in [4.78, 5) is 24.1. The molecule has 1 aromatic rings. The minimum Gasteiger partial charge on any atom is -0.496 e. The lowest BCUT2D eigenvalue weighted by Crippen LogP contribution is -2.41. The Kier molecular flexibility index (Phi) is 5.18. The number of amides is 2. The average molecular weight is 328 g/mol. The van der Waals surface area contributed by atoms with Crippen molar-refractivity contribution in [3.63, 3.8) is 0 Å². The lowest BCUT2D eigenvalue weighted by Gasteiger charge is -2.17. The van der Waals surface area contributed by atoms with Crippen LogP contribution in [0.25, 0.3) is 0 Å². The van der Waals surface area contributed by atoms with Gasteiger partial charge in [-0.2, -0.15) is 0 Å². The van der Waals surface area contributed by atoms with E-state index < -0.39 is 0 Å². The molecule has 0 saturated heterocycles. The first-order valence-corrected chi connectivity index (χ1v) is 8.52. The Morgan fingerprint density at radius 3 is 2.71 bits per heavy atom. The van der Waals surface area contributed by atoms with E-state index in [4.69, 9.17) is 4.74 Å². The Morgan fingerprint density at radius 2 is 2.00 bits per heavy atom. The molecule has 2 bridgehead atoms. The summed E-state index contributed by atoms with van der Waals surface area (Å²) >= 11 is 0. The van der Waals surface area contributed by atoms with Crippen LogP contribution in [-0.2, 0) is 16.0 Å². The molecule has 2 amide bonds. The highest BCUT2D eigenvalue weighted by Gasteiger charge is 2.39. The normalized spacial score (nSPS) is 24.0. The minimum atomic E-state index is -0.156. The fourth-order valence-corrected chi connectivity index (χ4v) is 3.69. The van der Waals surface area contributed by atoms with E-state index in [1.807, 2.05) is 24.3 Å². The number of ether oxygens (including phenoxy) is 1. The first-order chi connectivity index (χ1) is 11.7. The summed E-state index contributed by atoms with van der Waals surface area (Å²) in [7, 11) is 1.64. The van der Waals surface area contributed by atoms with Crippen LogP contribution in [0.5, 0.6) is 5.75 Å². The standard InChI is InChI=1S/C19H24N2O3/c1-24-17-5-3-2-4-14(17)8-9-20-18(22)12-21-19(23)16-11-13-6-7-15(16)10-13/h2-7,13,15-16H,8-12H2,1H3,(H,20,22)(H,21,23)/t13-,15-,16-/m0/s1. The average Bonchev–Trinajstić information content (AvgIpc) is 3.23. The maximum atomic E-state index is 12.2. The largest absolute Gasteiger partial charge is 0.496 e. The zero-order chi connectivity index (χ0) is 16.9. The molecule has 3 atom stereocenters. The van der Waals surface area contributed by atoms with Crippen molar-refractivity contribution < 1.29 is 14.3 Å². The second-order valence-electron chi connectivity index (χ2n) is 6.52. The van der Waals surface area contributed by atoms with E-state index in [0.717, 1.165) is 24.2 Å². The predicted molar refractivity (Wildman–Crippen MR) is 91.6 cm³/mol. The Balaban J connectivity index is 1.37. The van der Waals surface area contributed by atoms with Gasteiger partial charge in [-0.25, -0.2) is 0 Å². The van der Waals surface area contributed by atoms with Crippen LogP contribution in [0.15, 0.2) is 36.4 Å². The lowest BCUT2D eigenvalue weighted by atomic mass is 9.93. The van der Waals surface area contributed by atoms with Crippen LogP contribution in [-0.4, -0.2) is 32.0 Å². The molecule has 0 radical (unpaired) electrons. The molecule has 5 heteroatoms. The quantitative estimate of drug-likeness (QED) is 0.749. The molecule has 5 nitrogen and oxygen atoms in total. The summed E-state index contributed by atoms with van der Waals surface area (Å²) in [6.45, 7) is 0.564. The van der Waals surface area contributed by atoms with E-state index in [1.54, 1.807) is 7.11 Å². The van der Waals surface area contributed by atoms with Crippen molar-refractivity contribution in [2.75, 3.05) is 20.2 Å². The summed E-state index contributed by atoms with van der Waals surface area (Å²) in [6.07, 6.45) is 7.05. The van der Waals surface area contributed by atoms with Gasteiger partial charge >= 0.3 is 0 Å². The molecule has 1 saturated carbocycles. The Bertz CT molecular complexity index is 641. The summed E-state index contributed by atoms with van der Waals surface area (Å²) in [5.74, 6) is 1.64. The molecule has 128 valence electrons. The van der Waals surface area contributed by atoms with Crippen LogP contribution < -0.4 is 15.4 Å². The van der Waals surface area contributed by atoms with Crippen LogP contribution in [0.4, 0.5) is 0 Å². The Hall–Kier alpha value is -2.30. The van der Waals surface area contributed by atoms with Crippen molar-refractivity contribution in [2.45, 2.75) is 19.3 Å². The van der Waals surface area contributed by atoms with Gasteiger partial charge in [-0.15, -0.1) is 0 Å². The van der Waals surface area contributed by atoms with Crippen LogP contribution in [0, 0.1) is 17.8 Å². The number of carbonyl (C=O) groups is 2. The highest BCUT2D eigenvalue weighted by atomic mass is 16.5. The topological polar surface area (TPSA) is 67.4 Å². The Labute approximate surface area is 142 Å². The zero-order valence-electron chi connectivity index (χ0n) is 14.0. The zero-order valence-corrected chi connectivity index (χ0v) is 14.0. The summed E-state index contributed by atoms with van der Waals surface area (Å²) in [5, 5.41) is 5.61. The van der Waals surface area contributed by atoms with Crippen molar-refractivity contribution in [3.8, 4) is 5.75 Å². The van der Waals surface area contributed by atoms with Gasteiger partial charge in [0.1, 0.15) is 5.75 Å². The van der Waals surface area contributed by atoms with Gasteiger partial charge in [-0.05, 0) is 42.7 Å². The van der Waals surface area contributed by atoms with Gasteiger partial charge in [0.05, 0.1) is 13.7 Å². The third kappa shape index (κ3) is 3.78. The highest BCUT2D eigenvalue weighted by molar-refractivity contribution is 5.86. The van der Waals surface area contributed by atoms with Gasteiger partial charge in [0, 0.05) is 12.5 Å². The number of rotatable bonds is 7. The van der Waals surface area contributed by atoms with Gasteiger partial charge in [0.2, 0.25) is 11.8 Å². The molecule has 2 N–H and O–H groups in total. The monoisotopic (exact) mass is 328 g/mol. The summed E-state index contributed by atoms with van der Waals surface area (Å²) in [6, 6.07) is 7.75. The summed E-state index contributed by atoms with van der Waals surface area (Å²) in [5.41, 5.74) is 1.05. The molecular weight excluding hydrogens is 304 g/mol. The van der Waals surface area contributed by atoms with Crippen LogP contribution in [0.1, 0.15) is 18.4 Å². The minimum absolute atomic E-state index is 0.00623. The van der Waals surface area contributed by atoms with Gasteiger partial charge in [0.15, 0.2) is 0 Å². The van der Waals surface area contributed by atoms with Gasteiger partial charge < -0.3 is 15.4 Å². The van der Waals surface area contributed by atoms with Gasteiger partial charge in [-0.1, -0.05) is 30.4 Å². The number of benzene rings is 1. The smallest absolute Gasteiger partial charge is 0.239 e. The van der Waals surface area contributed by atoms with E-state index >= 15 is 0 Å². The molecule has 24 heavy (non-hydrogen) atoms. The molecule has 0 aliphatic heterocycles. The maximum Gasteiger partial charge on any atom is 0.239 e. The number of para-hydroxylation sites is 1. The third-order valence-corrected chi connectivity index (χ3v) is 4.95. The predicted octanol–water partition coefficient (Wildman–Crippen LogP) is 1.68. The number of hydrogen-bond acceptors (Lipinski definition) is 3. The van der Waals surface area contributed by atoms with Crippen molar-refractivity contribution in [1.29, 1.82) is 0 Å². The summed E-state index contributed by atoms with van der Waals surface area (Å²) < 4.78 is 5.29. The van der Waals surface area contributed by atoms with E-state index in [0.29, 0.717) is 24.8 Å². The van der Waals surface area contributed by atoms with E-state index in [9.17, 15) is 9.59 Å². The number of methoxy groups -OCH3 is 1. The number of fused-ring (bicyclic) bond motifs is 2. The van der Waals surface area contributed by atoms with E-state index in [1.165, 1.54) is 0 Å². The molecule has 1 fully saturated rings. The van der Waals surface area contributed by atoms with Gasteiger partial charge in [-0.3, -0.25) is 9.59 Å². The van der Waals surface area contributed by atoms with Crippen LogP contribution in [0.3, 0.4) is 0 Å². The molecule has 0 unspecified atom stereocenters. The number of allylic oxidation sites excluding steroid dienone is 2. The lowest BCUT2D eigenvalue weighted by molar-refractivity contribution is -0.129. The van der Waals surface area contributed by atoms with Crippen LogP contribution >= 0.6 is 0 Å². The molecular formula is C19H24N2O3. The second kappa shape index (κ2) is 7.51. The number of nitrogens with one attached hydrogen (secondary N) is 2. The number of carbonyl (C=O) groups excluding carboxylic acids is 2. The maximum absolute atomic E-state index is 12.2. The van der Waals surface area contributed by atoms with Crippen molar-refractivity contribution in [2.24, 2.45) is 17.8 Å². The van der Waals surface area contributed by atoms with Gasteiger partial charge in [0.25, 0.3) is 0 Å². The fraction of sp³-hybridized carbons (Fsp3) is 0.474. The molecule has 2 aliphatic rings. The SMILES string of the molecule is COc1ccccc1CCNC(=O)CNC(=O)[C@H]1C[C@H]2C=C[C@H]1C2. The van der Waals surface area contributed by atoms with Crippen LogP contribution in [0.2, 0.25) is 0 Å². The highest BCUT2D eigenvalue weighted by Crippen LogP contribution is 2.43. The molecule has 3 rings (SSSR count). The second-order valence-corrected chi connectivity index (χ2v) is 6.52. The molecule has 0 heterocycles. The number of hydrogen-bond donors (Lipinski definition) is 2. The molecule has 1 aromatic carbocycles. The molecule has 2 aliphatic carbocycles. The molecule has 0 spiro atoms. The van der Waals surface area contributed by atoms with E-state index in [2.05, 4.69) is 22.8 Å². The first-order valence-electron chi connectivity index (χ1n) is 8.52. The first kappa shape index (κ1) is 16.6. The van der Waals surface area contributed by atoms with Crippen molar-refractivity contribution in [3.05, 3.63) is 42.0 Å².